The highest BCUT2D eigenvalue weighted by Gasteiger charge is 2.09. The van der Waals surface area contributed by atoms with E-state index in [2.05, 4.69) is 0 Å². The molecule has 0 aliphatic heterocycles. The smallest absolute Gasteiger partial charge is 0.119 e. The predicted octanol–water partition coefficient (Wildman–Crippen LogP) is 2.37. The van der Waals surface area contributed by atoms with E-state index in [1.807, 2.05) is 26.0 Å². The van der Waals surface area contributed by atoms with E-state index in [9.17, 15) is 5.11 Å². The minimum absolute atomic E-state index is 0.411. The lowest BCUT2D eigenvalue weighted by atomic mass is 9.98. The fraction of sp³-hybridized carbons (Fsp3) is 0.455. The topological polar surface area (TPSA) is 29.5 Å². The van der Waals surface area contributed by atoms with Crippen LogP contribution in [0.3, 0.4) is 0 Å². The van der Waals surface area contributed by atoms with Gasteiger partial charge in [0.15, 0.2) is 0 Å². The summed E-state index contributed by atoms with van der Waals surface area (Å²) >= 11 is 0. The predicted molar refractivity (Wildman–Crippen MR) is 53.1 cm³/mol. The number of hydrogen-bond acceptors (Lipinski definition) is 2. The average molecular weight is 180 g/mol. The molecule has 1 aromatic rings. The van der Waals surface area contributed by atoms with E-state index in [4.69, 9.17) is 4.74 Å². The normalized spacial score (nSPS) is 12.7. The van der Waals surface area contributed by atoms with Crippen molar-refractivity contribution in [2.24, 2.45) is 0 Å². The number of rotatable bonds is 2. The number of methoxy groups -OCH3 is 1. The maximum atomic E-state index is 9.51. The van der Waals surface area contributed by atoms with Gasteiger partial charge in [-0.25, -0.2) is 0 Å². The van der Waals surface area contributed by atoms with Crippen molar-refractivity contribution in [2.45, 2.75) is 26.9 Å². The Morgan fingerprint density at radius 2 is 1.69 bits per heavy atom. The van der Waals surface area contributed by atoms with Crippen LogP contribution in [-0.4, -0.2) is 12.2 Å². The van der Waals surface area contributed by atoms with Crippen molar-refractivity contribution in [1.29, 1.82) is 0 Å². The zero-order chi connectivity index (χ0) is 10.0. The van der Waals surface area contributed by atoms with Gasteiger partial charge in [0.2, 0.25) is 0 Å². The molecule has 0 saturated carbocycles. The molecular formula is C11H16O2. The van der Waals surface area contributed by atoms with Gasteiger partial charge in [-0.15, -0.1) is 0 Å². The molecule has 1 N–H and O–H groups in total. The Labute approximate surface area is 79.2 Å². The molecular weight excluding hydrogens is 164 g/mol. The highest BCUT2D eigenvalue weighted by molar-refractivity contribution is 5.42. The molecule has 1 atom stereocenters. The largest absolute Gasteiger partial charge is 0.497 e. The van der Waals surface area contributed by atoms with Gasteiger partial charge in [0.25, 0.3) is 0 Å². The fourth-order valence-electron chi connectivity index (χ4n) is 1.71. The van der Waals surface area contributed by atoms with E-state index in [1.165, 1.54) is 0 Å². The quantitative estimate of drug-likeness (QED) is 0.757. The van der Waals surface area contributed by atoms with Crippen LogP contribution in [0, 0.1) is 13.8 Å². The van der Waals surface area contributed by atoms with Gasteiger partial charge >= 0.3 is 0 Å². The van der Waals surface area contributed by atoms with Crippen molar-refractivity contribution >= 4 is 0 Å². The summed E-state index contributed by atoms with van der Waals surface area (Å²) in [7, 11) is 1.65. The summed E-state index contributed by atoms with van der Waals surface area (Å²) in [6.07, 6.45) is -0.411. The Morgan fingerprint density at radius 3 is 2.00 bits per heavy atom. The first-order valence-electron chi connectivity index (χ1n) is 4.39. The van der Waals surface area contributed by atoms with Gasteiger partial charge in [-0.1, -0.05) is 0 Å². The Balaban J connectivity index is 3.23. The molecule has 0 saturated heterocycles. The molecule has 0 heterocycles. The molecule has 0 fully saturated rings. The monoisotopic (exact) mass is 180 g/mol. The third kappa shape index (κ3) is 2.01. The summed E-state index contributed by atoms with van der Waals surface area (Å²) < 4.78 is 5.13. The number of aliphatic hydroxyl groups excluding tert-OH is 1. The van der Waals surface area contributed by atoms with Crippen molar-refractivity contribution in [3.8, 4) is 5.75 Å². The van der Waals surface area contributed by atoms with E-state index in [1.54, 1.807) is 14.0 Å². The molecule has 13 heavy (non-hydrogen) atoms. The van der Waals surface area contributed by atoms with Crippen molar-refractivity contribution < 1.29 is 9.84 Å². The molecule has 1 rings (SSSR count). The van der Waals surface area contributed by atoms with E-state index in [-0.39, 0.29) is 0 Å². The lowest BCUT2D eigenvalue weighted by Crippen LogP contribution is -1.99. The second-order valence-corrected chi connectivity index (χ2v) is 3.35. The number of benzene rings is 1. The first-order chi connectivity index (χ1) is 6.06. The van der Waals surface area contributed by atoms with Crippen LogP contribution in [-0.2, 0) is 0 Å². The van der Waals surface area contributed by atoms with E-state index >= 15 is 0 Å². The molecule has 0 spiro atoms. The van der Waals surface area contributed by atoms with Crippen molar-refractivity contribution in [1.82, 2.24) is 0 Å². The van der Waals surface area contributed by atoms with Crippen molar-refractivity contribution in [2.75, 3.05) is 7.11 Å². The molecule has 2 nitrogen and oxygen atoms in total. The lowest BCUT2D eigenvalue weighted by molar-refractivity contribution is 0.197. The second-order valence-electron chi connectivity index (χ2n) is 3.35. The lowest BCUT2D eigenvalue weighted by Gasteiger charge is -2.14. The molecule has 72 valence electrons. The van der Waals surface area contributed by atoms with Crippen LogP contribution in [0.15, 0.2) is 12.1 Å². The van der Waals surface area contributed by atoms with E-state index in [0.29, 0.717) is 0 Å². The van der Waals surface area contributed by atoms with Crippen LogP contribution in [0.4, 0.5) is 0 Å². The molecule has 2 heteroatoms. The van der Waals surface area contributed by atoms with Gasteiger partial charge in [-0.3, -0.25) is 0 Å². The highest BCUT2D eigenvalue weighted by Crippen LogP contribution is 2.26. The zero-order valence-electron chi connectivity index (χ0n) is 8.59. The Bertz CT molecular complexity index is 280. The van der Waals surface area contributed by atoms with Crippen molar-refractivity contribution in [3.63, 3.8) is 0 Å². The SMILES string of the molecule is COc1cc(C)c([C@H](C)O)c(C)c1. The van der Waals surface area contributed by atoms with Gasteiger partial charge in [-0.05, 0) is 49.6 Å². The van der Waals surface area contributed by atoms with Gasteiger partial charge < -0.3 is 9.84 Å². The molecule has 0 radical (unpaired) electrons. The summed E-state index contributed by atoms with van der Waals surface area (Å²) in [5.41, 5.74) is 3.15. The first-order valence-corrected chi connectivity index (χ1v) is 4.39. The Morgan fingerprint density at radius 1 is 1.23 bits per heavy atom. The molecule has 0 unspecified atom stereocenters. The van der Waals surface area contributed by atoms with Crippen LogP contribution < -0.4 is 4.74 Å². The number of ether oxygens (including phenoxy) is 1. The maximum absolute atomic E-state index is 9.51. The third-order valence-electron chi connectivity index (χ3n) is 2.22. The molecule has 0 aromatic heterocycles. The molecule has 0 aliphatic rings. The summed E-state index contributed by atoms with van der Waals surface area (Å²) in [4.78, 5) is 0. The number of aryl methyl sites for hydroxylation is 2. The Hall–Kier alpha value is -1.02. The first kappa shape index (κ1) is 10.1. The van der Waals surface area contributed by atoms with Gasteiger partial charge in [-0.2, -0.15) is 0 Å². The molecule has 0 bridgehead atoms. The van der Waals surface area contributed by atoms with E-state index in [0.717, 1.165) is 22.4 Å². The summed E-state index contributed by atoms with van der Waals surface area (Å²) in [5, 5.41) is 9.51. The van der Waals surface area contributed by atoms with Crippen LogP contribution in [0.5, 0.6) is 5.75 Å². The van der Waals surface area contributed by atoms with Crippen LogP contribution in [0.25, 0.3) is 0 Å². The van der Waals surface area contributed by atoms with Crippen LogP contribution >= 0.6 is 0 Å². The van der Waals surface area contributed by atoms with Crippen LogP contribution in [0.1, 0.15) is 29.7 Å². The molecule has 0 aliphatic carbocycles. The Kier molecular flexibility index (Phi) is 2.94. The average Bonchev–Trinajstić information content (AvgIpc) is 2.02. The standard InChI is InChI=1S/C11H16O2/c1-7-5-10(13-4)6-8(2)11(7)9(3)12/h5-6,9,12H,1-4H3/t9-/m0/s1. The third-order valence-corrected chi connectivity index (χ3v) is 2.22. The second kappa shape index (κ2) is 3.79. The van der Waals surface area contributed by atoms with E-state index < -0.39 is 6.10 Å². The number of aliphatic hydroxyl groups is 1. The zero-order valence-corrected chi connectivity index (χ0v) is 8.59. The highest BCUT2D eigenvalue weighted by atomic mass is 16.5. The maximum Gasteiger partial charge on any atom is 0.119 e. The minimum Gasteiger partial charge on any atom is -0.497 e. The summed E-state index contributed by atoms with van der Waals surface area (Å²) in [6.45, 7) is 5.75. The summed E-state index contributed by atoms with van der Waals surface area (Å²) in [6, 6.07) is 3.88. The minimum atomic E-state index is -0.411. The van der Waals surface area contributed by atoms with Crippen molar-refractivity contribution in [3.05, 3.63) is 28.8 Å². The van der Waals surface area contributed by atoms with Gasteiger partial charge in [0.1, 0.15) is 5.75 Å². The fourth-order valence-corrected chi connectivity index (χ4v) is 1.71. The molecule has 1 aromatic carbocycles. The van der Waals surface area contributed by atoms with Gasteiger partial charge in [0, 0.05) is 0 Å². The van der Waals surface area contributed by atoms with Crippen LogP contribution in [0.2, 0.25) is 0 Å². The summed E-state index contributed by atoms with van der Waals surface area (Å²) in [5.74, 6) is 0.847. The molecule has 0 amide bonds. The number of hydrogen-bond donors (Lipinski definition) is 1. The van der Waals surface area contributed by atoms with Gasteiger partial charge in [0.05, 0.1) is 13.2 Å².